The number of halogens is 1. The van der Waals surface area contributed by atoms with Crippen molar-refractivity contribution in [1.29, 1.82) is 0 Å². The van der Waals surface area contributed by atoms with E-state index < -0.39 is 34.2 Å². The molecule has 0 saturated carbocycles. The maximum absolute atomic E-state index is 14.7. The highest BCUT2D eigenvalue weighted by Gasteiger charge is 2.49. The summed E-state index contributed by atoms with van der Waals surface area (Å²) in [7, 11) is 0. The maximum Gasteiger partial charge on any atom is 0.348 e. The molecule has 1 aliphatic heterocycles. The van der Waals surface area contributed by atoms with Crippen molar-refractivity contribution in [3.8, 4) is 0 Å². The Morgan fingerprint density at radius 2 is 2.00 bits per heavy atom. The summed E-state index contributed by atoms with van der Waals surface area (Å²) in [6, 6.07) is 9.00. The van der Waals surface area contributed by atoms with Gasteiger partial charge in [-0.15, -0.1) is 11.3 Å². The Kier molecular flexibility index (Phi) is 5.58. The molecule has 2 aromatic carbocycles. The van der Waals surface area contributed by atoms with Crippen molar-refractivity contribution in [2.75, 3.05) is 6.61 Å². The van der Waals surface area contributed by atoms with Crippen LogP contribution in [0.15, 0.2) is 42.5 Å². The third-order valence-electron chi connectivity index (χ3n) is 5.45. The molecule has 0 bridgehead atoms. The van der Waals surface area contributed by atoms with Gasteiger partial charge in [0.15, 0.2) is 0 Å². The summed E-state index contributed by atoms with van der Waals surface area (Å²) in [4.78, 5) is 50.2. The lowest BCUT2D eigenvalue weighted by atomic mass is 9.91. The van der Waals surface area contributed by atoms with Crippen molar-refractivity contribution < 1.29 is 28.4 Å². The van der Waals surface area contributed by atoms with E-state index in [0.29, 0.717) is 4.70 Å². The summed E-state index contributed by atoms with van der Waals surface area (Å²) >= 11 is 1.01. The average molecular weight is 471 g/mol. The SMILES string of the molecule is CCOC(=O)c1sc2cccc(F)c2c1CN1C(=O)NC(C)(c2cccc([N+](=O)[O-])c2)C1=O. The standard InChI is InChI=1S/C22H18FN3O6S/c1-3-32-19(27)18-14(17-15(23)8-5-9-16(17)33-18)11-25-20(28)22(2,24-21(25)29)12-6-4-7-13(10-12)26(30)31/h4-10H,3,11H2,1-2H3,(H,24,29). The number of thiophene rings is 1. The highest BCUT2D eigenvalue weighted by Crippen LogP contribution is 2.37. The lowest BCUT2D eigenvalue weighted by Crippen LogP contribution is -2.40. The number of esters is 1. The topological polar surface area (TPSA) is 119 Å². The molecule has 170 valence electrons. The molecule has 0 aliphatic carbocycles. The largest absolute Gasteiger partial charge is 0.462 e. The molecule has 9 nitrogen and oxygen atoms in total. The Bertz CT molecular complexity index is 1320. The van der Waals surface area contributed by atoms with Crippen LogP contribution < -0.4 is 5.32 Å². The lowest BCUT2D eigenvalue weighted by molar-refractivity contribution is -0.385. The lowest BCUT2D eigenvalue weighted by Gasteiger charge is -2.22. The second kappa shape index (κ2) is 8.24. The fourth-order valence-corrected chi connectivity index (χ4v) is 4.93. The van der Waals surface area contributed by atoms with Crippen LogP contribution in [0.25, 0.3) is 10.1 Å². The van der Waals surface area contributed by atoms with Crippen LogP contribution in [-0.4, -0.2) is 34.3 Å². The summed E-state index contributed by atoms with van der Waals surface area (Å²) in [6.07, 6.45) is 0. The van der Waals surface area contributed by atoms with Gasteiger partial charge < -0.3 is 10.1 Å². The molecule has 1 N–H and O–H groups in total. The van der Waals surface area contributed by atoms with Crippen LogP contribution in [0.1, 0.15) is 34.6 Å². The Hall–Kier alpha value is -3.86. The van der Waals surface area contributed by atoms with Gasteiger partial charge in [0.25, 0.3) is 11.6 Å². The third kappa shape index (κ3) is 3.69. The summed E-state index contributed by atoms with van der Waals surface area (Å²) in [5.74, 6) is -1.96. The van der Waals surface area contributed by atoms with Crippen molar-refractivity contribution in [2.45, 2.75) is 25.9 Å². The molecule has 3 aromatic rings. The predicted octanol–water partition coefficient (Wildman–Crippen LogP) is 4.09. The van der Waals surface area contributed by atoms with Gasteiger partial charge in [0.2, 0.25) is 0 Å². The van der Waals surface area contributed by atoms with Gasteiger partial charge in [-0.2, -0.15) is 0 Å². The van der Waals surface area contributed by atoms with Crippen LogP contribution >= 0.6 is 11.3 Å². The first kappa shape index (κ1) is 22.3. The van der Waals surface area contributed by atoms with E-state index in [9.17, 15) is 28.9 Å². The summed E-state index contributed by atoms with van der Waals surface area (Å²) in [6.45, 7) is 2.80. The first-order valence-electron chi connectivity index (χ1n) is 9.93. The number of rotatable bonds is 6. The molecule has 1 atom stereocenters. The second-order valence-electron chi connectivity index (χ2n) is 7.50. The fraction of sp³-hybridized carbons (Fsp3) is 0.227. The summed E-state index contributed by atoms with van der Waals surface area (Å²) in [5.41, 5.74) is -1.41. The summed E-state index contributed by atoms with van der Waals surface area (Å²) in [5, 5.41) is 13.9. The Balaban J connectivity index is 1.76. The number of urea groups is 1. The van der Waals surface area contributed by atoms with E-state index in [2.05, 4.69) is 5.32 Å². The third-order valence-corrected chi connectivity index (χ3v) is 6.63. The number of nitrogens with zero attached hydrogens (tertiary/aromatic N) is 2. The van der Waals surface area contributed by atoms with Crippen molar-refractivity contribution >= 4 is 45.0 Å². The van der Waals surface area contributed by atoms with Gasteiger partial charge in [-0.25, -0.2) is 14.0 Å². The minimum absolute atomic E-state index is 0.0986. The Morgan fingerprint density at radius 3 is 2.70 bits per heavy atom. The van der Waals surface area contributed by atoms with Crippen LogP contribution in [-0.2, 0) is 21.6 Å². The molecule has 2 heterocycles. The molecule has 4 rings (SSSR count). The van der Waals surface area contributed by atoms with E-state index in [-0.39, 0.29) is 40.2 Å². The maximum atomic E-state index is 14.7. The molecular formula is C22H18FN3O6S. The normalized spacial score (nSPS) is 18.0. The zero-order valence-electron chi connectivity index (χ0n) is 17.6. The smallest absolute Gasteiger partial charge is 0.348 e. The number of fused-ring (bicyclic) bond motifs is 1. The van der Waals surface area contributed by atoms with Crippen molar-refractivity contribution in [3.05, 3.63) is 74.4 Å². The highest BCUT2D eigenvalue weighted by atomic mass is 32.1. The number of amides is 3. The Labute approximate surface area is 190 Å². The van der Waals surface area contributed by atoms with E-state index in [1.807, 2.05) is 0 Å². The Morgan fingerprint density at radius 1 is 1.27 bits per heavy atom. The first-order valence-corrected chi connectivity index (χ1v) is 10.7. The number of non-ortho nitro benzene ring substituents is 1. The second-order valence-corrected chi connectivity index (χ2v) is 8.55. The molecule has 1 aromatic heterocycles. The minimum atomic E-state index is -1.57. The number of nitro benzene ring substituents is 1. The number of ether oxygens (including phenoxy) is 1. The van der Waals surface area contributed by atoms with E-state index in [1.54, 1.807) is 13.0 Å². The minimum Gasteiger partial charge on any atom is -0.462 e. The number of carbonyl (C=O) groups excluding carboxylic acids is 3. The van der Waals surface area contributed by atoms with Crippen molar-refractivity contribution in [3.63, 3.8) is 0 Å². The quantitative estimate of drug-likeness (QED) is 0.250. The fourth-order valence-electron chi connectivity index (χ4n) is 3.80. The molecule has 1 unspecified atom stereocenters. The number of hydrogen-bond acceptors (Lipinski definition) is 7. The zero-order valence-corrected chi connectivity index (χ0v) is 18.4. The molecule has 3 amide bonds. The molecule has 1 aliphatic rings. The average Bonchev–Trinajstić information content (AvgIpc) is 3.26. The highest BCUT2D eigenvalue weighted by molar-refractivity contribution is 7.21. The van der Waals surface area contributed by atoms with Gasteiger partial charge in [-0.1, -0.05) is 18.2 Å². The van der Waals surface area contributed by atoms with Gasteiger partial charge in [0.1, 0.15) is 16.2 Å². The molecule has 0 spiro atoms. The monoisotopic (exact) mass is 471 g/mol. The van der Waals surface area contributed by atoms with E-state index in [0.717, 1.165) is 16.2 Å². The van der Waals surface area contributed by atoms with Gasteiger partial charge in [0, 0.05) is 27.8 Å². The molecule has 0 radical (unpaired) electrons. The molecule has 1 saturated heterocycles. The number of nitro groups is 1. The van der Waals surface area contributed by atoms with Gasteiger partial charge in [-0.05, 0) is 31.5 Å². The number of nitrogens with one attached hydrogen (secondary N) is 1. The van der Waals surface area contributed by atoms with Crippen LogP contribution in [0.2, 0.25) is 0 Å². The molecular weight excluding hydrogens is 453 g/mol. The van der Waals surface area contributed by atoms with Crippen LogP contribution in [0, 0.1) is 15.9 Å². The van der Waals surface area contributed by atoms with E-state index in [1.165, 1.54) is 43.3 Å². The first-order chi connectivity index (χ1) is 15.7. The zero-order chi connectivity index (χ0) is 23.9. The number of carbonyl (C=O) groups is 3. The van der Waals surface area contributed by atoms with Gasteiger partial charge >= 0.3 is 12.0 Å². The number of benzene rings is 2. The van der Waals surface area contributed by atoms with Crippen LogP contribution in [0.5, 0.6) is 0 Å². The molecule has 1 fully saturated rings. The van der Waals surface area contributed by atoms with Crippen LogP contribution in [0.4, 0.5) is 14.9 Å². The van der Waals surface area contributed by atoms with Crippen molar-refractivity contribution in [2.24, 2.45) is 0 Å². The van der Waals surface area contributed by atoms with Crippen LogP contribution in [0.3, 0.4) is 0 Å². The van der Waals surface area contributed by atoms with Gasteiger partial charge in [0.05, 0.1) is 18.1 Å². The molecule has 33 heavy (non-hydrogen) atoms. The molecule has 11 heteroatoms. The number of imide groups is 1. The van der Waals surface area contributed by atoms with E-state index >= 15 is 0 Å². The summed E-state index contributed by atoms with van der Waals surface area (Å²) < 4.78 is 20.3. The van der Waals surface area contributed by atoms with Gasteiger partial charge in [-0.3, -0.25) is 19.8 Å². The van der Waals surface area contributed by atoms with Crippen molar-refractivity contribution in [1.82, 2.24) is 10.2 Å². The number of hydrogen-bond donors (Lipinski definition) is 1. The predicted molar refractivity (Wildman–Crippen MR) is 117 cm³/mol. The van der Waals surface area contributed by atoms with E-state index in [4.69, 9.17) is 4.74 Å².